The molecule has 3 rings (SSSR count). The van der Waals surface area contributed by atoms with Crippen molar-refractivity contribution in [3.05, 3.63) is 57.3 Å². The van der Waals surface area contributed by atoms with E-state index in [0.29, 0.717) is 5.15 Å². The van der Waals surface area contributed by atoms with Crippen molar-refractivity contribution >= 4 is 28.9 Å². The molecule has 0 saturated heterocycles. The molecule has 21 heavy (non-hydrogen) atoms. The van der Waals surface area contributed by atoms with E-state index in [1.54, 1.807) is 6.20 Å². The Bertz CT molecular complexity index is 675. The molecule has 1 heterocycles. The smallest absolute Gasteiger partial charge is 0.152 e. The number of pyridine rings is 1. The fourth-order valence-electron chi connectivity index (χ4n) is 3.13. The number of aromatic nitrogens is 1. The van der Waals surface area contributed by atoms with E-state index in [2.05, 4.69) is 36.3 Å². The topological polar surface area (TPSA) is 24.9 Å². The van der Waals surface area contributed by atoms with E-state index in [9.17, 15) is 0 Å². The molecule has 1 aliphatic rings. The van der Waals surface area contributed by atoms with Crippen LogP contribution in [0.3, 0.4) is 0 Å². The highest BCUT2D eigenvalue weighted by Gasteiger charge is 2.39. The first-order valence-electron chi connectivity index (χ1n) is 7.04. The molecule has 4 heteroatoms. The molecule has 0 radical (unpaired) electrons. The van der Waals surface area contributed by atoms with Gasteiger partial charge in [-0.2, -0.15) is 0 Å². The lowest BCUT2D eigenvalue weighted by atomic mass is 9.85. The van der Waals surface area contributed by atoms with Gasteiger partial charge in [-0.25, -0.2) is 4.98 Å². The SMILES string of the molecule is Cc1ccnc(Cl)c1NC1c2cc(Cl)ccc2CC1(C)C. The minimum atomic E-state index is 0.0959. The molecule has 1 unspecified atom stereocenters. The molecule has 2 aromatic rings. The fraction of sp³-hybridized carbons (Fsp3) is 0.353. The number of benzene rings is 1. The number of aryl methyl sites for hydroxylation is 1. The van der Waals surface area contributed by atoms with Gasteiger partial charge in [0.15, 0.2) is 5.15 Å². The maximum absolute atomic E-state index is 6.26. The summed E-state index contributed by atoms with van der Waals surface area (Å²) in [4.78, 5) is 4.18. The third-order valence-corrected chi connectivity index (χ3v) is 4.77. The van der Waals surface area contributed by atoms with Crippen molar-refractivity contribution < 1.29 is 0 Å². The first kappa shape index (κ1) is 14.7. The van der Waals surface area contributed by atoms with Gasteiger partial charge in [-0.3, -0.25) is 0 Å². The van der Waals surface area contributed by atoms with Crippen molar-refractivity contribution in [2.24, 2.45) is 5.41 Å². The Morgan fingerprint density at radius 1 is 1.24 bits per heavy atom. The van der Waals surface area contributed by atoms with Crippen LogP contribution in [0.1, 0.15) is 36.6 Å². The predicted octanol–water partition coefficient (Wildman–Crippen LogP) is 5.43. The standard InChI is InChI=1S/C17H18Cl2N2/c1-10-6-7-20-16(19)14(10)21-15-13-8-12(18)5-4-11(13)9-17(15,2)3/h4-8,15,21H,9H2,1-3H3. The molecule has 1 N–H and O–H groups in total. The van der Waals surface area contributed by atoms with Crippen molar-refractivity contribution in [1.82, 2.24) is 4.98 Å². The van der Waals surface area contributed by atoms with Crippen molar-refractivity contribution in [2.75, 3.05) is 5.32 Å². The van der Waals surface area contributed by atoms with E-state index in [4.69, 9.17) is 23.2 Å². The maximum Gasteiger partial charge on any atom is 0.152 e. The van der Waals surface area contributed by atoms with E-state index < -0.39 is 0 Å². The largest absolute Gasteiger partial charge is 0.375 e. The van der Waals surface area contributed by atoms with Gasteiger partial charge in [0.05, 0.1) is 11.7 Å². The zero-order valence-corrected chi connectivity index (χ0v) is 13.9. The van der Waals surface area contributed by atoms with E-state index >= 15 is 0 Å². The third-order valence-electron chi connectivity index (χ3n) is 4.25. The zero-order valence-electron chi connectivity index (χ0n) is 12.4. The normalized spacial score (nSPS) is 19.4. The number of fused-ring (bicyclic) bond motifs is 1. The van der Waals surface area contributed by atoms with Crippen LogP contribution >= 0.6 is 23.2 Å². The molecule has 2 nitrogen and oxygen atoms in total. The maximum atomic E-state index is 6.26. The van der Waals surface area contributed by atoms with E-state index in [1.807, 2.05) is 19.1 Å². The Morgan fingerprint density at radius 3 is 2.71 bits per heavy atom. The fourth-order valence-corrected chi connectivity index (χ4v) is 3.57. The Labute approximate surface area is 135 Å². The van der Waals surface area contributed by atoms with Gasteiger partial charge in [-0.15, -0.1) is 0 Å². The Morgan fingerprint density at radius 2 is 2.00 bits per heavy atom. The van der Waals surface area contributed by atoms with Crippen LogP contribution in [0.25, 0.3) is 0 Å². The number of rotatable bonds is 2. The van der Waals surface area contributed by atoms with Crippen LogP contribution in [0.15, 0.2) is 30.5 Å². The van der Waals surface area contributed by atoms with Crippen LogP contribution in [0.2, 0.25) is 10.2 Å². The van der Waals surface area contributed by atoms with Gasteiger partial charge in [-0.1, -0.05) is 43.1 Å². The van der Waals surface area contributed by atoms with Crippen LogP contribution in [0, 0.1) is 12.3 Å². The Hall–Kier alpha value is -1.25. The van der Waals surface area contributed by atoms with Gasteiger partial charge in [0.2, 0.25) is 0 Å². The summed E-state index contributed by atoms with van der Waals surface area (Å²) in [6.07, 6.45) is 2.75. The van der Waals surface area contributed by atoms with Gasteiger partial charge in [0.1, 0.15) is 0 Å². The van der Waals surface area contributed by atoms with Crippen molar-refractivity contribution in [3.63, 3.8) is 0 Å². The summed E-state index contributed by atoms with van der Waals surface area (Å²) in [7, 11) is 0. The predicted molar refractivity (Wildman–Crippen MR) is 89.3 cm³/mol. The molecule has 0 saturated carbocycles. The van der Waals surface area contributed by atoms with E-state index in [0.717, 1.165) is 22.7 Å². The number of hydrogen-bond donors (Lipinski definition) is 1. The molecule has 0 bridgehead atoms. The number of anilines is 1. The van der Waals surface area contributed by atoms with Crippen molar-refractivity contribution in [2.45, 2.75) is 33.2 Å². The molecule has 1 atom stereocenters. The van der Waals surface area contributed by atoms with Gasteiger partial charge in [0.25, 0.3) is 0 Å². The van der Waals surface area contributed by atoms with Crippen molar-refractivity contribution in [3.8, 4) is 0 Å². The average Bonchev–Trinajstić information content (AvgIpc) is 2.64. The zero-order chi connectivity index (χ0) is 15.2. The second kappa shape index (κ2) is 5.19. The number of hydrogen-bond acceptors (Lipinski definition) is 2. The Balaban J connectivity index is 2.04. The highest BCUT2D eigenvalue weighted by atomic mass is 35.5. The summed E-state index contributed by atoms with van der Waals surface area (Å²) in [6.45, 7) is 6.56. The van der Waals surface area contributed by atoms with E-state index in [1.165, 1.54) is 11.1 Å². The summed E-state index contributed by atoms with van der Waals surface area (Å²) >= 11 is 12.4. The monoisotopic (exact) mass is 320 g/mol. The summed E-state index contributed by atoms with van der Waals surface area (Å²) in [5, 5.41) is 4.88. The molecule has 0 amide bonds. The quantitative estimate of drug-likeness (QED) is 0.746. The minimum Gasteiger partial charge on any atom is -0.375 e. The van der Waals surface area contributed by atoms with Crippen LogP contribution < -0.4 is 5.32 Å². The summed E-state index contributed by atoms with van der Waals surface area (Å²) < 4.78 is 0. The molecule has 110 valence electrons. The molecular weight excluding hydrogens is 303 g/mol. The Kier molecular flexibility index (Phi) is 3.62. The third kappa shape index (κ3) is 2.63. The van der Waals surface area contributed by atoms with Gasteiger partial charge < -0.3 is 5.32 Å². The number of halogens is 2. The summed E-state index contributed by atoms with van der Waals surface area (Å²) in [5.74, 6) is 0. The van der Waals surface area contributed by atoms with Gasteiger partial charge in [-0.05, 0) is 53.6 Å². The first-order chi connectivity index (χ1) is 9.88. The first-order valence-corrected chi connectivity index (χ1v) is 7.80. The summed E-state index contributed by atoms with van der Waals surface area (Å²) in [6, 6.07) is 8.28. The molecule has 1 aliphatic carbocycles. The molecule has 0 spiro atoms. The number of nitrogens with zero attached hydrogens (tertiary/aromatic N) is 1. The molecule has 1 aromatic carbocycles. The van der Waals surface area contributed by atoms with E-state index in [-0.39, 0.29) is 11.5 Å². The highest BCUT2D eigenvalue weighted by Crippen LogP contribution is 2.48. The van der Waals surface area contributed by atoms with Gasteiger partial charge in [0, 0.05) is 11.2 Å². The van der Waals surface area contributed by atoms with Crippen LogP contribution in [0.5, 0.6) is 0 Å². The van der Waals surface area contributed by atoms with Crippen LogP contribution in [0.4, 0.5) is 5.69 Å². The highest BCUT2D eigenvalue weighted by molar-refractivity contribution is 6.32. The van der Waals surface area contributed by atoms with Gasteiger partial charge >= 0.3 is 0 Å². The average molecular weight is 321 g/mol. The lowest BCUT2D eigenvalue weighted by molar-refractivity contribution is 0.337. The minimum absolute atomic E-state index is 0.0959. The van der Waals surface area contributed by atoms with Crippen LogP contribution in [-0.4, -0.2) is 4.98 Å². The molecular formula is C17H18Cl2N2. The number of nitrogens with one attached hydrogen (secondary N) is 1. The lowest BCUT2D eigenvalue weighted by Gasteiger charge is -2.30. The second-order valence-electron chi connectivity index (χ2n) is 6.38. The molecule has 0 fully saturated rings. The second-order valence-corrected chi connectivity index (χ2v) is 7.17. The van der Waals surface area contributed by atoms with Crippen molar-refractivity contribution in [1.29, 1.82) is 0 Å². The molecule has 0 aliphatic heterocycles. The lowest BCUT2D eigenvalue weighted by Crippen LogP contribution is -2.25. The molecule has 1 aromatic heterocycles. The van der Waals surface area contributed by atoms with Crippen LogP contribution in [-0.2, 0) is 6.42 Å². The summed E-state index contributed by atoms with van der Waals surface area (Å²) in [5.41, 5.74) is 4.70.